The van der Waals surface area contributed by atoms with Gasteiger partial charge < -0.3 is 0 Å². The van der Waals surface area contributed by atoms with Crippen LogP contribution in [0.3, 0.4) is 0 Å². The van der Waals surface area contributed by atoms with Gasteiger partial charge in [0.1, 0.15) is 6.04 Å². The summed E-state index contributed by atoms with van der Waals surface area (Å²) >= 11 is 0. The highest BCUT2D eigenvalue weighted by atomic mass is 16.2. The number of carbonyl (C=O) groups excluding carboxylic acids is 3. The Labute approximate surface area is 130 Å². The van der Waals surface area contributed by atoms with Crippen molar-refractivity contribution in [2.45, 2.75) is 39.7 Å². The molecule has 0 aliphatic carbocycles. The predicted molar refractivity (Wildman–Crippen MR) is 83.9 cm³/mol. The molecule has 1 atom stereocenters. The second kappa shape index (κ2) is 6.13. The van der Waals surface area contributed by atoms with Gasteiger partial charge in [-0.05, 0) is 19.4 Å². The van der Waals surface area contributed by atoms with Crippen molar-refractivity contribution in [3.05, 3.63) is 41.5 Å². The van der Waals surface area contributed by atoms with Crippen LogP contribution >= 0.6 is 0 Å². The minimum Gasteiger partial charge on any atom is -0.296 e. The van der Waals surface area contributed by atoms with Crippen molar-refractivity contribution in [1.82, 2.24) is 10.2 Å². The van der Waals surface area contributed by atoms with Crippen molar-refractivity contribution in [1.29, 1.82) is 0 Å². The number of nitrogens with one attached hydrogen (secondary N) is 1. The van der Waals surface area contributed by atoms with Gasteiger partial charge in [0.05, 0.1) is 0 Å². The molecule has 22 heavy (non-hydrogen) atoms. The smallest absolute Gasteiger partial charge is 0.259 e. The lowest BCUT2D eigenvalue weighted by atomic mass is 10.0. The Kier molecular flexibility index (Phi) is 4.45. The van der Waals surface area contributed by atoms with E-state index < -0.39 is 11.9 Å². The van der Waals surface area contributed by atoms with Crippen molar-refractivity contribution >= 4 is 23.4 Å². The van der Waals surface area contributed by atoms with Gasteiger partial charge in [-0.2, -0.15) is 0 Å². The molecule has 2 aliphatic rings. The largest absolute Gasteiger partial charge is 0.296 e. The molecule has 0 bridgehead atoms. The molecule has 3 amide bonds. The standard InChI is InChI=1S/C15H14N2O3.C2H6/c1-8-3-4-10-9(2)17(15(20)11(10)7-8)12-5-6-13(18)16-14(12)19;1-2/h3-4,7,12H,2,5-6H2,1H3,(H,16,18,19);1-2H3. The molecule has 116 valence electrons. The Balaban J connectivity index is 0.000000847. The zero-order valence-electron chi connectivity index (χ0n) is 13.1. The fourth-order valence-corrected chi connectivity index (χ4v) is 2.73. The summed E-state index contributed by atoms with van der Waals surface area (Å²) in [6.07, 6.45) is 0.575. The lowest BCUT2D eigenvalue weighted by Crippen LogP contribution is -2.52. The van der Waals surface area contributed by atoms with Crippen molar-refractivity contribution in [2.24, 2.45) is 0 Å². The SMILES string of the molecule is C=C1c2ccc(C)cc2C(=O)N1C1CCC(=O)NC1=O.CC. The molecule has 5 nitrogen and oxygen atoms in total. The Hall–Kier alpha value is -2.43. The van der Waals surface area contributed by atoms with E-state index in [4.69, 9.17) is 0 Å². The van der Waals surface area contributed by atoms with Crippen LogP contribution in [0.4, 0.5) is 0 Å². The van der Waals surface area contributed by atoms with E-state index in [0.717, 1.165) is 11.1 Å². The maximum atomic E-state index is 12.5. The minimum absolute atomic E-state index is 0.219. The Bertz CT molecular complexity index is 664. The van der Waals surface area contributed by atoms with E-state index in [1.54, 1.807) is 6.07 Å². The summed E-state index contributed by atoms with van der Waals surface area (Å²) in [5.74, 6) is -0.944. The molecule has 0 radical (unpaired) electrons. The zero-order valence-corrected chi connectivity index (χ0v) is 13.1. The topological polar surface area (TPSA) is 66.5 Å². The first kappa shape index (κ1) is 15.9. The Morgan fingerprint density at radius 3 is 2.50 bits per heavy atom. The normalized spacial score (nSPS) is 20.3. The molecule has 1 saturated heterocycles. The van der Waals surface area contributed by atoms with Crippen molar-refractivity contribution in [3.8, 4) is 0 Å². The molecule has 2 aliphatic heterocycles. The van der Waals surface area contributed by atoms with Crippen LogP contribution in [-0.2, 0) is 9.59 Å². The van der Waals surface area contributed by atoms with Gasteiger partial charge in [0.25, 0.3) is 5.91 Å². The Morgan fingerprint density at radius 1 is 1.18 bits per heavy atom. The predicted octanol–water partition coefficient (Wildman–Crippen LogP) is 2.25. The second-order valence-corrected chi connectivity index (χ2v) is 5.14. The van der Waals surface area contributed by atoms with Crippen LogP contribution in [0.15, 0.2) is 24.8 Å². The van der Waals surface area contributed by atoms with Gasteiger partial charge in [-0.25, -0.2) is 0 Å². The van der Waals surface area contributed by atoms with Crippen LogP contribution in [-0.4, -0.2) is 28.7 Å². The minimum atomic E-state index is -0.652. The molecule has 5 heteroatoms. The van der Waals surface area contributed by atoms with Crippen LogP contribution in [0.5, 0.6) is 0 Å². The molecular formula is C17H20N2O3. The summed E-state index contributed by atoms with van der Waals surface area (Å²) in [6, 6.07) is 4.90. The monoisotopic (exact) mass is 300 g/mol. The maximum absolute atomic E-state index is 12.5. The van der Waals surface area contributed by atoms with Crippen LogP contribution in [0.2, 0.25) is 0 Å². The number of carbonyl (C=O) groups is 3. The number of imide groups is 1. The van der Waals surface area contributed by atoms with E-state index in [9.17, 15) is 14.4 Å². The van der Waals surface area contributed by atoms with Crippen molar-refractivity contribution in [3.63, 3.8) is 0 Å². The number of rotatable bonds is 1. The summed E-state index contributed by atoms with van der Waals surface area (Å²) in [4.78, 5) is 37.0. The molecule has 1 fully saturated rings. The molecule has 0 spiro atoms. The van der Waals surface area contributed by atoms with E-state index >= 15 is 0 Å². The quantitative estimate of drug-likeness (QED) is 0.809. The number of aryl methyl sites for hydroxylation is 1. The number of amides is 3. The zero-order chi connectivity index (χ0) is 16.4. The Morgan fingerprint density at radius 2 is 1.86 bits per heavy atom. The van der Waals surface area contributed by atoms with Gasteiger partial charge in [-0.3, -0.25) is 24.6 Å². The van der Waals surface area contributed by atoms with Crippen LogP contribution in [0.1, 0.15) is 48.2 Å². The van der Waals surface area contributed by atoms with E-state index in [2.05, 4.69) is 11.9 Å². The molecule has 1 N–H and O–H groups in total. The molecule has 0 saturated carbocycles. The summed E-state index contributed by atoms with van der Waals surface area (Å²) < 4.78 is 0. The van der Waals surface area contributed by atoms with Crippen molar-refractivity contribution < 1.29 is 14.4 Å². The first-order chi connectivity index (χ1) is 10.5. The van der Waals surface area contributed by atoms with Gasteiger partial charge in [0.15, 0.2) is 0 Å². The highest BCUT2D eigenvalue weighted by Gasteiger charge is 2.41. The number of hydrogen-bond acceptors (Lipinski definition) is 3. The lowest BCUT2D eigenvalue weighted by Gasteiger charge is -2.30. The van der Waals surface area contributed by atoms with Gasteiger partial charge in [0.2, 0.25) is 11.8 Å². The fraction of sp³-hybridized carbons (Fsp3) is 0.353. The van der Waals surface area contributed by atoms with E-state index in [1.165, 1.54) is 4.90 Å². The van der Waals surface area contributed by atoms with E-state index in [1.807, 2.05) is 32.9 Å². The number of fused-ring (bicyclic) bond motifs is 1. The molecule has 1 aromatic rings. The molecular weight excluding hydrogens is 280 g/mol. The van der Waals surface area contributed by atoms with Crippen LogP contribution in [0, 0.1) is 6.92 Å². The third-order valence-electron chi connectivity index (χ3n) is 3.75. The first-order valence-corrected chi connectivity index (χ1v) is 7.46. The van der Waals surface area contributed by atoms with E-state index in [0.29, 0.717) is 17.7 Å². The summed E-state index contributed by atoms with van der Waals surface area (Å²) in [7, 11) is 0. The average Bonchev–Trinajstić information content (AvgIpc) is 2.73. The summed E-state index contributed by atoms with van der Waals surface area (Å²) in [5, 5.41) is 2.27. The molecule has 3 rings (SSSR count). The molecule has 0 aromatic heterocycles. The van der Waals surface area contributed by atoms with Gasteiger partial charge in [0, 0.05) is 23.2 Å². The molecule has 2 heterocycles. The highest BCUT2D eigenvalue weighted by molar-refractivity contribution is 6.12. The maximum Gasteiger partial charge on any atom is 0.259 e. The van der Waals surface area contributed by atoms with Crippen molar-refractivity contribution in [2.75, 3.05) is 0 Å². The number of hydrogen-bond donors (Lipinski definition) is 1. The number of benzene rings is 1. The number of piperidine rings is 1. The average molecular weight is 300 g/mol. The van der Waals surface area contributed by atoms with Crippen LogP contribution in [0.25, 0.3) is 5.70 Å². The fourth-order valence-electron chi connectivity index (χ4n) is 2.73. The highest BCUT2D eigenvalue weighted by Crippen LogP contribution is 2.35. The van der Waals surface area contributed by atoms with Gasteiger partial charge >= 0.3 is 0 Å². The first-order valence-electron chi connectivity index (χ1n) is 7.46. The third kappa shape index (κ3) is 2.54. The lowest BCUT2D eigenvalue weighted by molar-refractivity contribution is -0.136. The molecule has 1 aromatic carbocycles. The number of nitrogens with zero attached hydrogens (tertiary/aromatic N) is 1. The van der Waals surface area contributed by atoms with Gasteiger partial charge in [-0.15, -0.1) is 0 Å². The summed E-state index contributed by atoms with van der Waals surface area (Å²) in [6.45, 7) is 9.83. The second-order valence-electron chi connectivity index (χ2n) is 5.14. The van der Waals surface area contributed by atoms with E-state index in [-0.39, 0.29) is 18.2 Å². The third-order valence-corrected chi connectivity index (χ3v) is 3.75. The molecule has 1 unspecified atom stereocenters. The van der Waals surface area contributed by atoms with Gasteiger partial charge in [-0.1, -0.05) is 38.1 Å². The summed E-state index contributed by atoms with van der Waals surface area (Å²) in [5.41, 5.74) is 2.83. The van der Waals surface area contributed by atoms with Crippen LogP contribution < -0.4 is 5.32 Å².